The minimum Gasteiger partial charge on any atom is -0.444 e. The van der Waals surface area contributed by atoms with E-state index in [9.17, 15) is 9.59 Å². The van der Waals surface area contributed by atoms with Crippen molar-refractivity contribution < 1.29 is 19.1 Å². The first-order valence-electron chi connectivity index (χ1n) is 8.61. The number of hydrogen-bond acceptors (Lipinski definition) is 5. The molecular formula is C17H26N4O4. The number of carbonyl (C=O) groups excluding carboxylic acids is 2. The lowest BCUT2D eigenvalue weighted by atomic mass is 10.1. The van der Waals surface area contributed by atoms with Crippen LogP contribution >= 0.6 is 0 Å². The molecule has 2 aliphatic rings. The van der Waals surface area contributed by atoms with Crippen molar-refractivity contribution in [1.82, 2.24) is 14.7 Å². The Balaban J connectivity index is 1.87. The van der Waals surface area contributed by atoms with E-state index in [1.165, 1.54) is 0 Å². The Morgan fingerprint density at radius 2 is 2.04 bits per heavy atom. The highest BCUT2D eigenvalue weighted by molar-refractivity contribution is 5.96. The maximum absolute atomic E-state index is 12.5. The molecule has 0 saturated carbocycles. The third-order valence-corrected chi connectivity index (χ3v) is 4.40. The molecule has 3 heterocycles. The number of nitrogens with zero attached hydrogens (tertiary/aromatic N) is 4. The fraction of sp³-hybridized carbons (Fsp3) is 0.706. The molecule has 0 N–H and O–H groups in total. The fourth-order valence-corrected chi connectivity index (χ4v) is 3.23. The molecule has 8 heteroatoms. The van der Waals surface area contributed by atoms with Gasteiger partial charge in [-0.05, 0) is 34.6 Å². The fourth-order valence-electron chi connectivity index (χ4n) is 3.23. The van der Waals surface area contributed by atoms with Crippen LogP contribution in [0, 0.1) is 0 Å². The molecule has 0 spiro atoms. The highest BCUT2D eigenvalue weighted by Crippen LogP contribution is 2.30. The van der Waals surface area contributed by atoms with E-state index in [0.29, 0.717) is 19.7 Å². The van der Waals surface area contributed by atoms with Crippen molar-refractivity contribution in [1.29, 1.82) is 0 Å². The van der Waals surface area contributed by atoms with Crippen molar-refractivity contribution in [2.45, 2.75) is 65.4 Å². The van der Waals surface area contributed by atoms with Crippen LogP contribution in [0.2, 0.25) is 0 Å². The standard InChI is InChI=1S/C17H26N4O4/c1-11-7-20-14(8-19(11)16(23)25-17(3,4)5)13(6-18-20)21-12(2)9-24-10-15(21)22/h6,11-12H,7-10H2,1-5H3/t11-,12?/m0/s1. The zero-order valence-corrected chi connectivity index (χ0v) is 15.5. The molecule has 1 fully saturated rings. The highest BCUT2D eigenvalue weighted by Gasteiger charge is 2.36. The number of carbonyl (C=O) groups is 2. The van der Waals surface area contributed by atoms with Crippen molar-refractivity contribution in [2.24, 2.45) is 0 Å². The van der Waals surface area contributed by atoms with Crippen LogP contribution in [0.15, 0.2) is 6.20 Å². The smallest absolute Gasteiger partial charge is 0.410 e. The third-order valence-electron chi connectivity index (χ3n) is 4.40. The number of rotatable bonds is 1. The second kappa shape index (κ2) is 6.33. The van der Waals surface area contributed by atoms with Crippen molar-refractivity contribution in [3.63, 3.8) is 0 Å². The Morgan fingerprint density at radius 3 is 2.68 bits per heavy atom. The zero-order chi connectivity index (χ0) is 18.4. The Morgan fingerprint density at radius 1 is 1.32 bits per heavy atom. The Labute approximate surface area is 147 Å². The van der Waals surface area contributed by atoms with Crippen LogP contribution < -0.4 is 4.90 Å². The summed E-state index contributed by atoms with van der Waals surface area (Å²) in [4.78, 5) is 28.3. The van der Waals surface area contributed by atoms with Gasteiger partial charge < -0.3 is 14.4 Å². The SMILES string of the molecule is CC1COCC(=O)N1c1cnn2c1CN(C(=O)OC(C)(C)C)[C@@H](C)C2. The molecule has 2 atom stereocenters. The summed E-state index contributed by atoms with van der Waals surface area (Å²) >= 11 is 0. The van der Waals surface area contributed by atoms with Crippen LogP contribution in [0.1, 0.15) is 40.3 Å². The first kappa shape index (κ1) is 17.7. The van der Waals surface area contributed by atoms with Crippen LogP contribution in [-0.2, 0) is 27.4 Å². The van der Waals surface area contributed by atoms with Crippen LogP contribution in [0.25, 0.3) is 0 Å². The number of hydrogen-bond donors (Lipinski definition) is 0. The van der Waals surface area contributed by atoms with E-state index in [1.807, 2.05) is 39.3 Å². The Bertz CT molecular complexity index is 679. The number of amides is 2. The number of fused-ring (bicyclic) bond motifs is 1. The van der Waals surface area contributed by atoms with Crippen LogP contribution in [-0.4, -0.2) is 57.6 Å². The molecular weight excluding hydrogens is 324 g/mol. The molecule has 1 saturated heterocycles. The normalized spacial score (nSPS) is 24.3. The lowest BCUT2D eigenvalue weighted by Crippen LogP contribution is -2.50. The maximum atomic E-state index is 12.5. The summed E-state index contributed by atoms with van der Waals surface area (Å²) in [6, 6.07) is -0.0996. The Kier molecular flexibility index (Phi) is 4.49. The molecule has 25 heavy (non-hydrogen) atoms. The summed E-state index contributed by atoms with van der Waals surface area (Å²) in [5, 5.41) is 4.42. The monoisotopic (exact) mass is 350 g/mol. The summed E-state index contributed by atoms with van der Waals surface area (Å²) < 4.78 is 12.7. The molecule has 0 bridgehead atoms. The van der Waals surface area contributed by atoms with Crippen molar-refractivity contribution in [3.8, 4) is 0 Å². The van der Waals surface area contributed by atoms with E-state index in [0.717, 1.165) is 11.4 Å². The van der Waals surface area contributed by atoms with E-state index in [-0.39, 0.29) is 30.7 Å². The summed E-state index contributed by atoms with van der Waals surface area (Å²) in [6.07, 6.45) is 1.36. The Hall–Kier alpha value is -2.09. The minimum absolute atomic E-state index is 0.0343. The van der Waals surface area contributed by atoms with Gasteiger partial charge in [0.1, 0.15) is 12.2 Å². The number of aromatic nitrogens is 2. The quantitative estimate of drug-likeness (QED) is 0.771. The van der Waals surface area contributed by atoms with E-state index in [1.54, 1.807) is 16.0 Å². The topological polar surface area (TPSA) is 76.9 Å². The second-order valence-electron chi connectivity index (χ2n) is 7.74. The lowest BCUT2D eigenvalue weighted by molar-refractivity contribution is -0.127. The summed E-state index contributed by atoms with van der Waals surface area (Å²) in [5.41, 5.74) is 1.05. The maximum Gasteiger partial charge on any atom is 0.410 e. The number of ether oxygens (including phenoxy) is 2. The van der Waals surface area contributed by atoms with Crippen LogP contribution in [0.4, 0.5) is 10.5 Å². The average Bonchev–Trinajstić information content (AvgIpc) is 2.87. The molecule has 0 aliphatic carbocycles. The molecule has 0 radical (unpaired) electrons. The second-order valence-corrected chi connectivity index (χ2v) is 7.74. The van der Waals surface area contributed by atoms with E-state index in [4.69, 9.17) is 9.47 Å². The minimum atomic E-state index is -0.550. The summed E-state index contributed by atoms with van der Waals surface area (Å²) in [5.74, 6) is -0.0861. The third kappa shape index (κ3) is 3.49. The molecule has 3 rings (SSSR count). The lowest BCUT2D eigenvalue weighted by Gasteiger charge is -2.37. The van der Waals surface area contributed by atoms with E-state index in [2.05, 4.69) is 5.10 Å². The first-order valence-corrected chi connectivity index (χ1v) is 8.61. The van der Waals surface area contributed by atoms with Gasteiger partial charge in [-0.1, -0.05) is 0 Å². The van der Waals surface area contributed by atoms with Gasteiger partial charge in [-0.3, -0.25) is 14.4 Å². The molecule has 2 aliphatic heterocycles. The predicted octanol–water partition coefficient (Wildman–Crippen LogP) is 1.77. The number of anilines is 1. The largest absolute Gasteiger partial charge is 0.444 e. The average molecular weight is 350 g/mol. The van der Waals surface area contributed by atoms with Gasteiger partial charge in [0, 0.05) is 0 Å². The van der Waals surface area contributed by atoms with Gasteiger partial charge >= 0.3 is 6.09 Å². The van der Waals surface area contributed by atoms with Gasteiger partial charge in [-0.15, -0.1) is 0 Å². The van der Waals surface area contributed by atoms with E-state index >= 15 is 0 Å². The molecule has 2 amide bonds. The number of morpholine rings is 1. The molecule has 8 nitrogen and oxygen atoms in total. The summed E-state index contributed by atoms with van der Waals surface area (Å²) in [6.45, 7) is 11.0. The van der Waals surface area contributed by atoms with Crippen molar-refractivity contribution in [3.05, 3.63) is 11.9 Å². The molecule has 138 valence electrons. The van der Waals surface area contributed by atoms with Crippen LogP contribution in [0.3, 0.4) is 0 Å². The van der Waals surface area contributed by atoms with Gasteiger partial charge in [0.05, 0.1) is 49.4 Å². The van der Waals surface area contributed by atoms with Gasteiger partial charge in [-0.2, -0.15) is 5.10 Å². The molecule has 0 aromatic carbocycles. The van der Waals surface area contributed by atoms with Gasteiger partial charge in [0.15, 0.2) is 0 Å². The van der Waals surface area contributed by atoms with Gasteiger partial charge in [-0.25, -0.2) is 4.79 Å². The van der Waals surface area contributed by atoms with Crippen LogP contribution in [0.5, 0.6) is 0 Å². The summed E-state index contributed by atoms with van der Waals surface area (Å²) in [7, 11) is 0. The zero-order valence-electron chi connectivity index (χ0n) is 15.5. The van der Waals surface area contributed by atoms with Gasteiger partial charge in [0.25, 0.3) is 5.91 Å². The molecule has 1 unspecified atom stereocenters. The molecule has 1 aromatic rings. The van der Waals surface area contributed by atoms with Gasteiger partial charge in [0.2, 0.25) is 0 Å². The van der Waals surface area contributed by atoms with E-state index < -0.39 is 5.60 Å². The molecule has 1 aromatic heterocycles. The first-order chi connectivity index (χ1) is 11.7. The van der Waals surface area contributed by atoms with Crippen molar-refractivity contribution >= 4 is 17.7 Å². The predicted molar refractivity (Wildman–Crippen MR) is 91.2 cm³/mol. The van der Waals surface area contributed by atoms with Crippen molar-refractivity contribution in [2.75, 3.05) is 18.1 Å². The highest BCUT2D eigenvalue weighted by atomic mass is 16.6.